The van der Waals surface area contributed by atoms with Crippen LogP contribution in [-0.4, -0.2) is 5.11 Å². The summed E-state index contributed by atoms with van der Waals surface area (Å²) in [6.07, 6.45) is -0.287. The standard InChI is InChI=1S/C15H16ClNO2/c1-10(14-8-12(17)4-7-15(14)18)19-13-5-2-11(9-16)3-6-13/h2-8,10,18H,9,17H2,1H3. The van der Waals surface area contributed by atoms with Crippen LogP contribution in [0.1, 0.15) is 24.2 Å². The number of phenols is 1. The molecule has 0 saturated carbocycles. The summed E-state index contributed by atoms with van der Waals surface area (Å²) < 4.78 is 5.78. The number of anilines is 1. The van der Waals surface area contributed by atoms with E-state index < -0.39 is 0 Å². The molecule has 0 aliphatic rings. The highest BCUT2D eigenvalue weighted by atomic mass is 35.5. The zero-order valence-electron chi connectivity index (χ0n) is 10.6. The molecule has 2 aromatic carbocycles. The minimum Gasteiger partial charge on any atom is -0.508 e. The summed E-state index contributed by atoms with van der Waals surface area (Å²) in [7, 11) is 0. The highest BCUT2D eigenvalue weighted by molar-refractivity contribution is 6.17. The van der Waals surface area contributed by atoms with Crippen LogP contribution in [0.15, 0.2) is 42.5 Å². The molecular formula is C15H16ClNO2. The minimum atomic E-state index is -0.287. The topological polar surface area (TPSA) is 55.5 Å². The lowest BCUT2D eigenvalue weighted by atomic mass is 10.1. The molecule has 0 fully saturated rings. The van der Waals surface area contributed by atoms with Crippen molar-refractivity contribution < 1.29 is 9.84 Å². The molecule has 0 aliphatic carbocycles. The molecule has 3 N–H and O–H groups in total. The van der Waals surface area contributed by atoms with Gasteiger partial charge in [0.25, 0.3) is 0 Å². The summed E-state index contributed by atoms with van der Waals surface area (Å²) >= 11 is 5.73. The van der Waals surface area contributed by atoms with Crippen molar-refractivity contribution in [2.45, 2.75) is 18.9 Å². The van der Waals surface area contributed by atoms with Crippen molar-refractivity contribution in [3.8, 4) is 11.5 Å². The van der Waals surface area contributed by atoms with Gasteiger partial charge in [-0.3, -0.25) is 0 Å². The molecule has 0 radical (unpaired) electrons. The Balaban J connectivity index is 2.15. The van der Waals surface area contributed by atoms with Crippen molar-refractivity contribution in [2.24, 2.45) is 0 Å². The van der Waals surface area contributed by atoms with E-state index >= 15 is 0 Å². The first kappa shape index (κ1) is 13.6. The smallest absolute Gasteiger partial charge is 0.125 e. The van der Waals surface area contributed by atoms with Gasteiger partial charge < -0.3 is 15.6 Å². The molecule has 19 heavy (non-hydrogen) atoms. The van der Waals surface area contributed by atoms with Crippen molar-refractivity contribution in [3.05, 3.63) is 53.6 Å². The Kier molecular flexibility index (Phi) is 4.17. The summed E-state index contributed by atoms with van der Waals surface area (Å²) in [5, 5.41) is 9.81. The third kappa shape index (κ3) is 3.32. The van der Waals surface area contributed by atoms with Crippen LogP contribution >= 0.6 is 11.6 Å². The maximum atomic E-state index is 9.81. The predicted octanol–water partition coefficient (Wildman–Crippen LogP) is 3.85. The Hall–Kier alpha value is -1.87. The number of hydrogen-bond acceptors (Lipinski definition) is 3. The Morgan fingerprint density at radius 2 is 1.89 bits per heavy atom. The summed E-state index contributed by atoms with van der Waals surface area (Å²) in [6.45, 7) is 1.87. The van der Waals surface area contributed by atoms with E-state index in [-0.39, 0.29) is 11.9 Å². The van der Waals surface area contributed by atoms with Gasteiger partial charge in [-0.05, 0) is 42.8 Å². The molecular weight excluding hydrogens is 262 g/mol. The Morgan fingerprint density at radius 3 is 2.53 bits per heavy atom. The van der Waals surface area contributed by atoms with E-state index in [0.29, 0.717) is 17.1 Å². The van der Waals surface area contributed by atoms with Crippen LogP contribution in [0, 0.1) is 0 Å². The highest BCUT2D eigenvalue weighted by Gasteiger charge is 2.12. The molecule has 0 bridgehead atoms. The predicted molar refractivity (Wildman–Crippen MR) is 77.6 cm³/mol. The van der Waals surface area contributed by atoms with Crippen molar-refractivity contribution >= 4 is 17.3 Å². The fraction of sp³-hybridized carbons (Fsp3) is 0.200. The molecule has 1 atom stereocenters. The molecule has 0 amide bonds. The second-order valence-electron chi connectivity index (χ2n) is 4.36. The van der Waals surface area contributed by atoms with Gasteiger partial charge in [0, 0.05) is 17.1 Å². The number of halogens is 1. The molecule has 4 heteroatoms. The first-order valence-electron chi connectivity index (χ1n) is 6.00. The van der Waals surface area contributed by atoms with Gasteiger partial charge >= 0.3 is 0 Å². The molecule has 1 unspecified atom stereocenters. The zero-order chi connectivity index (χ0) is 13.8. The SMILES string of the molecule is CC(Oc1ccc(CCl)cc1)c1cc(N)ccc1O. The first-order valence-corrected chi connectivity index (χ1v) is 6.53. The number of rotatable bonds is 4. The number of nitrogens with two attached hydrogens (primary N) is 1. The van der Waals surface area contributed by atoms with Gasteiger partial charge in [-0.25, -0.2) is 0 Å². The molecule has 2 aromatic rings. The van der Waals surface area contributed by atoms with Crippen LogP contribution in [-0.2, 0) is 5.88 Å². The number of aromatic hydroxyl groups is 1. The van der Waals surface area contributed by atoms with Crippen LogP contribution < -0.4 is 10.5 Å². The van der Waals surface area contributed by atoms with E-state index in [1.54, 1.807) is 18.2 Å². The number of phenolic OH excluding ortho intramolecular Hbond substituents is 1. The summed E-state index contributed by atoms with van der Waals surface area (Å²) in [5.41, 5.74) is 8.02. The summed E-state index contributed by atoms with van der Waals surface area (Å²) in [4.78, 5) is 0. The van der Waals surface area contributed by atoms with Crippen molar-refractivity contribution in [1.82, 2.24) is 0 Å². The number of hydrogen-bond donors (Lipinski definition) is 2. The average molecular weight is 278 g/mol. The third-order valence-corrected chi connectivity index (χ3v) is 3.19. The molecule has 0 saturated heterocycles. The quantitative estimate of drug-likeness (QED) is 0.507. The molecule has 100 valence electrons. The average Bonchev–Trinajstić information content (AvgIpc) is 2.42. The fourth-order valence-corrected chi connectivity index (χ4v) is 2.00. The number of benzene rings is 2. The van der Waals surface area contributed by atoms with Gasteiger partial charge in [0.15, 0.2) is 0 Å². The highest BCUT2D eigenvalue weighted by Crippen LogP contribution is 2.30. The number of nitrogen functional groups attached to an aromatic ring is 1. The lowest BCUT2D eigenvalue weighted by molar-refractivity contribution is 0.222. The van der Waals surface area contributed by atoms with E-state index in [9.17, 15) is 5.11 Å². The van der Waals surface area contributed by atoms with E-state index in [1.807, 2.05) is 31.2 Å². The molecule has 0 aromatic heterocycles. The second kappa shape index (κ2) is 5.85. The first-order chi connectivity index (χ1) is 9.10. The Labute approximate surface area is 117 Å². The van der Waals surface area contributed by atoms with Crippen LogP contribution in [0.5, 0.6) is 11.5 Å². The monoisotopic (exact) mass is 277 g/mol. The van der Waals surface area contributed by atoms with Gasteiger partial charge in [0.1, 0.15) is 17.6 Å². The van der Waals surface area contributed by atoms with E-state index in [1.165, 1.54) is 0 Å². The molecule has 0 heterocycles. The van der Waals surface area contributed by atoms with Gasteiger partial charge in [-0.2, -0.15) is 0 Å². The van der Waals surface area contributed by atoms with Gasteiger partial charge in [-0.1, -0.05) is 12.1 Å². The maximum absolute atomic E-state index is 9.81. The van der Waals surface area contributed by atoms with Crippen LogP contribution in [0.2, 0.25) is 0 Å². The van der Waals surface area contributed by atoms with E-state index in [4.69, 9.17) is 22.1 Å². The Bertz CT molecular complexity index is 555. The minimum absolute atomic E-state index is 0.180. The Morgan fingerprint density at radius 1 is 1.21 bits per heavy atom. The molecule has 0 spiro atoms. The largest absolute Gasteiger partial charge is 0.508 e. The fourth-order valence-electron chi connectivity index (χ4n) is 1.82. The zero-order valence-corrected chi connectivity index (χ0v) is 11.4. The van der Waals surface area contributed by atoms with Crippen LogP contribution in [0.25, 0.3) is 0 Å². The van der Waals surface area contributed by atoms with Crippen LogP contribution in [0.4, 0.5) is 5.69 Å². The number of alkyl halides is 1. The normalized spacial score (nSPS) is 12.1. The lowest BCUT2D eigenvalue weighted by Gasteiger charge is -2.17. The van der Waals surface area contributed by atoms with Gasteiger partial charge in [-0.15, -0.1) is 11.6 Å². The second-order valence-corrected chi connectivity index (χ2v) is 4.62. The summed E-state index contributed by atoms with van der Waals surface area (Å²) in [5.74, 6) is 1.38. The van der Waals surface area contributed by atoms with E-state index in [2.05, 4.69) is 0 Å². The lowest BCUT2D eigenvalue weighted by Crippen LogP contribution is -2.04. The van der Waals surface area contributed by atoms with Crippen LogP contribution in [0.3, 0.4) is 0 Å². The summed E-state index contributed by atoms with van der Waals surface area (Å²) in [6, 6.07) is 12.5. The maximum Gasteiger partial charge on any atom is 0.125 e. The van der Waals surface area contributed by atoms with Crippen molar-refractivity contribution in [1.29, 1.82) is 0 Å². The van der Waals surface area contributed by atoms with E-state index in [0.717, 1.165) is 11.3 Å². The molecule has 3 nitrogen and oxygen atoms in total. The number of ether oxygens (including phenoxy) is 1. The van der Waals surface area contributed by atoms with Crippen molar-refractivity contribution in [3.63, 3.8) is 0 Å². The van der Waals surface area contributed by atoms with Gasteiger partial charge in [0.05, 0.1) is 0 Å². The third-order valence-electron chi connectivity index (χ3n) is 2.88. The van der Waals surface area contributed by atoms with Gasteiger partial charge in [0.2, 0.25) is 0 Å². The molecule has 2 rings (SSSR count). The van der Waals surface area contributed by atoms with Crippen molar-refractivity contribution in [2.75, 3.05) is 5.73 Å². The molecule has 0 aliphatic heterocycles.